The fourth-order valence-electron chi connectivity index (χ4n) is 3.93. The Labute approximate surface area is 203 Å². The molecule has 184 valence electrons. The van der Waals surface area contributed by atoms with Crippen molar-refractivity contribution >= 4 is 25.0 Å². The van der Waals surface area contributed by atoms with E-state index in [0.29, 0.717) is 47.7 Å². The molecule has 1 atom stereocenters. The number of phenols is 1. The molecule has 2 aromatic carbocycles. The van der Waals surface area contributed by atoms with Crippen LogP contribution in [-0.4, -0.2) is 65.5 Å². The van der Waals surface area contributed by atoms with Crippen molar-refractivity contribution in [1.82, 2.24) is 14.5 Å². The van der Waals surface area contributed by atoms with E-state index < -0.39 is 14.2 Å². The Morgan fingerprint density at radius 3 is 2.47 bits per heavy atom. The predicted octanol–water partition coefficient (Wildman–Crippen LogP) is 4.21. The Hall–Kier alpha value is -2.68. The predicted molar refractivity (Wildman–Crippen MR) is 138 cm³/mol. The summed E-state index contributed by atoms with van der Waals surface area (Å²) in [7, 11) is 2.15. The summed E-state index contributed by atoms with van der Waals surface area (Å²) in [6, 6.07) is 12.5. The van der Waals surface area contributed by atoms with Crippen LogP contribution in [0.25, 0.3) is 11.0 Å². The zero-order valence-electron chi connectivity index (χ0n) is 21.1. The van der Waals surface area contributed by atoms with E-state index in [1.165, 1.54) is 4.90 Å². The fraction of sp³-hybridized carbons (Fsp3) is 0.462. The van der Waals surface area contributed by atoms with Gasteiger partial charge in [-0.05, 0) is 31.0 Å². The van der Waals surface area contributed by atoms with Gasteiger partial charge in [0.25, 0.3) is 5.91 Å². The molecule has 0 saturated carbocycles. The zero-order chi connectivity index (χ0) is 25.0. The van der Waals surface area contributed by atoms with Crippen molar-refractivity contribution in [2.45, 2.75) is 58.3 Å². The van der Waals surface area contributed by atoms with Gasteiger partial charge in [0.15, 0.2) is 0 Å². The van der Waals surface area contributed by atoms with Gasteiger partial charge in [-0.1, -0.05) is 50.0 Å². The summed E-state index contributed by atoms with van der Waals surface area (Å²) in [5, 5.41) is 22.0. The molecular formula is C26H37N3O4Si. The molecular weight excluding hydrogens is 446 g/mol. The van der Waals surface area contributed by atoms with Crippen LogP contribution in [0.3, 0.4) is 0 Å². The lowest BCUT2D eigenvalue weighted by Gasteiger charge is -2.19. The Morgan fingerprint density at radius 1 is 1.18 bits per heavy atom. The van der Waals surface area contributed by atoms with E-state index in [9.17, 15) is 15.0 Å². The number of fused-ring (bicyclic) bond motifs is 1. The third-order valence-electron chi connectivity index (χ3n) is 5.92. The van der Waals surface area contributed by atoms with Crippen molar-refractivity contribution in [3.05, 3.63) is 58.9 Å². The largest absolute Gasteiger partial charge is 0.505 e. The Morgan fingerprint density at radius 2 is 1.85 bits per heavy atom. The summed E-state index contributed by atoms with van der Waals surface area (Å²) in [6.07, 6.45) is -0.191. The number of benzene rings is 2. The minimum absolute atomic E-state index is 0.0567. The van der Waals surface area contributed by atoms with E-state index in [0.717, 1.165) is 11.6 Å². The number of imidazole rings is 1. The molecule has 0 radical (unpaired) electrons. The molecule has 34 heavy (non-hydrogen) atoms. The molecule has 1 aromatic heterocycles. The smallest absolute Gasteiger partial charge is 0.253 e. The maximum Gasteiger partial charge on any atom is 0.253 e. The molecule has 3 aromatic rings. The van der Waals surface area contributed by atoms with Gasteiger partial charge in [0.05, 0.1) is 11.6 Å². The van der Waals surface area contributed by atoms with Gasteiger partial charge in [0.2, 0.25) is 0 Å². The van der Waals surface area contributed by atoms with Crippen LogP contribution in [0.1, 0.15) is 27.3 Å². The van der Waals surface area contributed by atoms with Crippen molar-refractivity contribution in [2.24, 2.45) is 0 Å². The lowest BCUT2D eigenvalue weighted by molar-refractivity contribution is 0.0823. The summed E-state index contributed by atoms with van der Waals surface area (Å²) in [5.74, 6) is 0.409. The molecule has 0 aliphatic carbocycles. The van der Waals surface area contributed by atoms with Crippen LogP contribution in [0.4, 0.5) is 0 Å². The van der Waals surface area contributed by atoms with Crippen molar-refractivity contribution in [3.63, 3.8) is 0 Å². The summed E-state index contributed by atoms with van der Waals surface area (Å²) in [5.41, 5.74) is 2.84. The number of aliphatic hydroxyl groups excluding tert-OH is 1. The lowest BCUT2D eigenvalue weighted by atomic mass is 9.95. The van der Waals surface area contributed by atoms with Crippen LogP contribution in [0.2, 0.25) is 25.7 Å². The molecule has 1 heterocycles. The molecule has 1 unspecified atom stereocenters. The van der Waals surface area contributed by atoms with Gasteiger partial charge in [0.1, 0.15) is 23.8 Å². The maximum atomic E-state index is 13.1. The number of carbonyl (C=O) groups is 1. The number of aryl methyl sites for hydroxylation is 1. The Bertz CT molecular complexity index is 1140. The van der Waals surface area contributed by atoms with Crippen LogP contribution in [-0.2, 0) is 24.3 Å². The number of aromatic hydroxyl groups is 1. The van der Waals surface area contributed by atoms with Gasteiger partial charge in [-0.25, -0.2) is 4.98 Å². The lowest BCUT2D eigenvalue weighted by Crippen LogP contribution is -2.25. The first-order valence-corrected chi connectivity index (χ1v) is 15.4. The number of aromatic nitrogens is 2. The molecule has 7 nitrogen and oxygen atoms in total. The van der Waals surface area contributed by atoms with Gasteiger partial charge in [-0.3, -0.25) is 4.79 Å². The number of aliphatic hydroxyl groups is 1. The number of amides is 1. The number of rotatable bonds is 10. The molecule has 0 aliphatic rings. The molecule has 2 N–H and O–H groups in total. The molecule has 0 bridgehead atoms. The second kappa shape index (κ2) is 10.7. The maximum absolute atomic E-state index is 13.1. The number of carbonyl (C=O) groups excluding carboxylic acids is 1. The minimum Gasteiger partial charge on any atom is -0.505 e. The second-order valence-electron chi connectivity index (χ2n) is 10.3. The van der Waals surface area contributed by atoms with Gasteiger partial charge in [-0.15, -0.1) is 0 Å². The van der Waals surface area contributed by atoms with Crippen LogP contribution in [0.15, 0.2) is 36.4 Å². The summed E-state index contributed by atoms with van der Waals surface area (Å²) in [4.78, 5) is 19.1. The molecule has 1 amide bonds. The highest BCUT2D eigenvalue weighted by Crippen LogP contribution is 2.34. The van der Waals surface area contributed by atoms with E-state index >= 15 is 0 Å². The topological polar surface area (TPSA) is 87.8 Å². The monoisotopic (exact) mass is 483 g/mol. The summed E-state index contributed by atoms with van der Waals surface area (Å²) >= 11 is 0. The van der Waals surface area contributed by atoms with Crippen molar-refractivity contribution in [3.8, 4) is 5.75 Å². The van der Waals surface area contributed by atoms with E-state index in [1.807, 2.05) is 41.8 Å². The van der Waals surface area contributed by atoms with E-state index in [-0.39, 0.29) is 18.1 Å². The zero-order valence-corrected chi connectivity index (χ0v) is 22.1. The molecule has 0 aliphatic heterocycles. The number of nitrogens with zero attached hydrogens (tertiary/aromatic N) is 3. The van der Waals surface area contributed by atoms with Crippen LogP contribution in [0, 0.1) is 6.92 Å². The average molecular weight is 484 g/mol. The van der Waals surface area contributed by atoms with E-state index in [1.54, 1.807) is 20.2 Å². The van der Waals surface area contributed by atoms with Crippen molar-refractivity contribution in [1.29, 1.82) is 0 Å². The Balaban J connectivity index is 1.95. The minimum atomic E-state index is -1.21. The highest BCUT2D eigenvalue weighted by molar-refractivity contribution is 6.76. The van der Waals surface area contributed by atoms with Gasteiger partial charge >= 0.3 is 0 Å². The highest BCUT2D eigenvalue weighted by atomic mass is 28.3. The second-order valence-corrected chi connectivity index (χ2v) is 15.9. The third kappa shape index (κ3) is 6.25. The van der Waals surface area contributed by atoms with Gasteiger partial charge in [0, 0.05) is 46.3 Å². The first-order chi connectivity index (χ1) is 16.0. The third-order valence-corrected chi connectivity index (χ3v) is 7.63. The standard InChI is InChI=1S/C26H37N3O4Si/c1-18-27-24-23(29(18)17-33-12-13-34(4,5)6)16-22(26(32)28(2)3)21(25(24)31)15-20(30)14-19-10-8-7-9-11-19/h7-11,16,20,30-31H,12-15,17H2,1-6H3. The molecule has 0 spiro atoms. The van der Waals surface area contributed by atoms with Crippen LogP contribution < -0.4 is 0 Å². The van der Waals surface area contributed by atoms with Crippen molar-refractivity contribution in [2.75, 3.05) is 20.7 Å². The average Bonchev–Trinajstić information content (AvgIpc) is 3.08. The van der Waals surface area contributed by atoms with E-state index in [2.05, 4.69) is 24.6 Å². The van der Waals surface area contributed by atoms with E-state index in [4.69, 9.17) is 4.74 Å². The highest BCUT2D eigenvalue weighted by Gasteiger charge is 2.25. The quantitative estimate of drug-likeness (QED) is 0.333. The normalized spacial score (nSPS) is 12.8. The molecule has 0 fully saturated rings. The first-order valence-electron chi connectivity index (χ1n) is 11.7. The number of hydrogen-bond donors (Lipinski definition) is 2. The first kappa shape index (κ1) is 25.9. The summed E-state index contributed by atoms with van der Waals surface area (Å²) in [6.45, 7) is 9.74. The Kier molecular flexibility index (Phi) is 8.17. The van der Waals surface area contributed by atoms with Gasteiger partial charge < -0.3 is 24.4 Å². The van der Waals surface area contributed by atoms with Crippen molar-refractivity contribution < 1.29 is 19.7 Å². The fourth-order valence-corrected chi connectivity index (χ4v) is 4.68. The molecule has 0 saturated heterocycles. The molecule has 8 heteroatoms. The van der Waals surface area contributed by atoms with Crippen LogP contribution in [0.5, 0.6) is 5.75 Å². The number of hydrogen-bond acceptors (Lipinski definition) is 5. The van der Waals surface area contributed by atoms with Crippen LogP contribution >= 0.6 is 0 Å². The molecule has 3 rings (SSSR count). The number of phenolic OH excluding ortho intramolecular Hbond substituents is 1. The number of ether oxygens (including phenoxy) is 1. The SMILES string of the molecule is Cc1nc2c(O)c(CC(O)Cc3ccccc3)c(C(=O)N(C)C)cc2n1COCC[Si](C)(C)C. The van der Waals surface area contributed by atoms with Gasteiger partial charge in [-0.2, -0.15) is 0 Å². The summed E-state index contributed by atoms with van der Waals surface area (Å²) < 4.78 is 7.82.